The number of benzene rings is 3. The largest absolute Gasteiger partial charge is 0.496 e. The number of methoxy groups -OCH3 is 1. The number of halogens is 2. The second kappa shape index (κ2) is 12.3. The third-order valence-corrected chi connectivity index (χ3v) is 9.84. The Morgan fingerprint density at radius 3 is 2.46 bits per heavy atom. The lowest BCUT2D eigenvalue weighted by Crippen LogP contribution is -2.44. The maximum absolute atomic E-state index is 14.8. The topological polar surface area (TPSA) is 58.6 Å². The minimum Gasteiger partial charge on any atom is -0.496 e. The number of hydrogen-bond donors (Lipinski definition) is 1. The molecule has 4 aromatic rings. The molecule has 41 heavy (non-hydrogen) atoms. The van der Waals surface area contributed by atoms with Gasteiger partial charge in [-0.3, -0.25) is 9.59 Å². The van der Waals surface area contributed by atoms with E-state index in [1.807, 2.05) is 55.3 Å². The molecule has 1 aliphatic rings. The fraction of sp³-hybridized carbons (Fsp3) is 0.333. The number of thiophene rings is 1. The van der Waals surface area contributed by atoms with E-state index in [9.17, 15) is 14.0 Å². The van der Waals surface area contributed by atoms with Gasteiger partial charge in [0.2, 0.25) is 0 Å². The number of ketones is 1. The van der Waals surface area contributed by atoms with Crippen LogP contribution in [0.25, 0.3) is 21.2 Å². The summed E-state index contributed by atoms with van der Waals surface area (Å²) in [6.07, 6.45) is 3.59. The number of aryl methyl sites for hydroxylation is 1. The average Bonchev–Trinajstić information content (AvgIpc) is 3.35. The number of nitrogens with one attached hydrogen (secondary N) is 1. The molecule has 3 aromatic carbocycles. The van der Waals surface area contributed by atoms with Crippen LogP contribution in [0.15, 0.2) is 54.6 Å². The fourth-order valence-electron chi connectivity index (χ4n) is 5.78. The molecule has 1 aliphatic carbocycles. The van der Waals surface area contributed by atoms with Crippen LogP contribution in [-0.2, 0) is 6.54 Å². The predicted octanol–water partition coefficient (Wildman–Crippen LogP) is 8.05. The van der Waals surface area contributed by atoms with Crippen molar-refractivity contribution < 1.29 is 18.7 Å². The Bertz CT molecular complexity index is 1610. The van der Waals surface area contributed by atoms with Crippen molar-refractivity contribution in [1.82, 2.24) is 10.2 Å². The molecule has 0 bridgehead atoms. The Hall–Kier alpha value is -3.26. The zero-order chi connectivity index (χ0) is 29.3. The number of fused-ring (bicyclic) bond motifs is 1. The van der Waals surface area contributed by atoms with Crippen LogP contribution < -0.4 is 10.1 Å². The average molecular weight is 593 g/mol. The molecule has 8 heteroatoms. The first-order valence-corrected chi connectivity index (χ1v) is 15.0. The van der Waals surface area contributed by atoms with Crippen molar-refractivity contribution in [2.75, 3.05) is 14.2 Å². The molecule has 1 heterocycles. The second-order valence-corrected chi connectivity index (χ2v) is 12.1. The first-order chi connectivity index (χ1) is 19.7. The van der Waals surface area contributed by atoms with Gasteiger partial charge >= 0.3 is 0 Å². The standard InChI is InChI=1S/C33H34ClFN2O3S/c1-19-8-14-27(35)31-29(19)30(34)32(41-31)33(39)37(26-12-10-25(36-3)11-13-26)18-24-17-23(9-15-28(24)40-4)22-7-5-6-21(16-22)20(2)38/h5-9,14-17,25-26,36H,10-13,18H2,1-4H3. The Morgan fingerprint density at radius 1 is 1.07 bits per heavy atom. The summed E-state index contributed by atoms with van der Waals surface area (Å²) in [5.74, 6) is 0.0951. The molecule has 0 spiro atoms. The van der Waals surface area contributed by atoms with Crippen molar-refractivity contribution in [2.45, 2.75) is 58.2 Å². The molecule has 1 aromatic heterocycles. The number of rotatable bonds is 8. The van der Waals surface area contributed by atoms with E-state index in [1.54, 1.807) is 26.2 Å². The zero-order valence-corrected chi connectivity index (χ0v) is 25.3. The third kappa shape index (κ3) is 5.89. The van der Waals surface area contributed by atoms with Crippen LogP contribution in [0.5, 0.6) is 5.75 Å². The Morgan fingerprint density at radius 2 is 1.80 bits per heavy atom. The van der Waals surface area contributed by atoms with E-state index in [0.29, 0.717) is 43.9 Å². The van der Waals surface area contributed by atoms with Gasteiger partial charge in [0.25, 0.3) is 5.91 Å². The van der Waals surface area contributed by atoms with E-state index in [2.05, 4.69) is 5.32 Å². The first kappa shape index (κ1) is 29.2. The molecule has 5 nitrogen and oxygen atoms in total. The fourth-order valence-corrected chi connectivity index (χ4v) is 7.41. The molecule has 1 saturated carbocycles. The lowest BCUT2D eigenvalue weighted by molar-refractivity contribution is 0.0604. The Kier molecular flexibility index (Phi) is 8.78. The maximum atomic E-state index is 14.8. The smallest absolute Gasteiger partial charge is 0.266 e. The molecule has 1 fully saturated rings. The van der Waals surface area contributed by atoms with Gasteiger partial charge in [-0.1, -0.05) is 41.9 Å². The van der Waals surface area contributed by atoms with Crippen LogP contribution in [0, 0.1) is 12.7 Å². The van der Waals surface area contributed by atoms with Gasteiger partial charge in [-0.25, -0.2) is 4.39 Å². The van der Waals surface area contributed by atoms with Crippen LogP contribution in [0.1, 0.15) is 63.8 Å². The maximum Gasteiger partial charge on any atom is 0.266 e. The molecule has 1 amide bonds. The number of hydrogen-bond acceptors (Lipinski definition) is 5. The molecule has 0 aliphatic heterocycles. The molecule has 0 unspecified atom stereocenters. The molecular weight excluding hydrogens is 559 g/mol. The van der Waals surface area contributed by atoms with E-state index < -0.39 is 0 Å². The van der Waals surface area contributed by atoms with Crippen molar-refractivity contribution in [3.63, 3.8) is 0 Å². The number of Topliss-reactive ketones (excluding diaryl/α,β-unsaturated/α-hetero) is 1. The van der Waals surface area contributed by atoms with Gasteiger partial charge in [0.1, 0.15) is 16.4 Å². The van der Waals surface area contributed by atoms with Crippen LogP contribution >= 0.6 is 22.9 Å². The van der Waals surface area contributed by atoms with Crippen molar-refractivity contribution in [1.29, 1.82) is 0 Å². The Balaban J connectivity index is 1.56. The summed E-state index contributed by atoms with van der Waals surface area (Å²) >= 11 is 7.92. The van der Waals surface area contributed by atoms with E-state index in [-0.39, 0.29) is 23.5 Å². The van der Waals surface area contributed by atoms with Gasteiger partial charge in [-0.15, -0.1) is 11.3 Å². The van der Waals surface area contributed by atoms with Crippen LogP contribution in [0.2, 0.25) is 5.02 Å². The summed E-state index contributed by atoms with van der Waals surface area (Å²) in [6, 6.07) is 16.9. The Labute approximate surface area is 249 Å². The summed E-state index contributed by atoms with van der Waals surface area (Å²) < 4.78 is 20.9. The summed E-state index contributed by atoms with van der Waals surface area (Å²) in [4.78, 5) is 28.6. The highest BCUT2D eigenvalue weighted by Gasteiger charge is 2.32. The number of carbonyl (C=O) groups excluding carboxylic acids is 2. The van der Waals surface area contributed by atoms with Crippen LogP contribution in [0.3, 0.4) is 0 Å². The molecule has 0 radical (unpaired) electrons. The van der Waals surface area contributed by atoms with Gasteiger partial charge < -0.3 is 15.0 Å². The highest BCUT2D eigenvalue weighted by molar-refractivity contribution is 7.21. The van der Waals surface area contributed by atoms with Crippen molar-refractivity contribution in [2.24, 2.45) is 0 Å². The molecule has 0 saturated heterocycles. The van der Waals surface area contributed by atoms with Gasteiger partial charge in [-0.2, -0.15) is 0 Å². The number of ether oxygens (including phenoxy) is 1. The number of nitrogens with zero attached hydrogens (tertiary/aromatic N) is 1. The van der Waals surface area contributed by atoms with Crippen LogP contribution in [0.4, 0.5) is 4.39 Å². The minimum absolute atomic E-state index is 0.00131. The highest BCUT2D eigenvalue weighted by atomic mass is 35.5. The van der Waals surface area contributed by atoms with Gasteiger partial charge in [0.15, 0.2) is 5.78 Å². The number of carbonyl (C=O) groups is 2. The molecular formula is C33H34ClFN2O3S. The molecule has 1 N–H and O–H groups in total. The van der Waals surface area contributed by atoms with Gasteiger partial charge in [0.05, 0.1) is 16.8 Å². The third-order valence-electron chi connectivity index (χ3n) is 8.17. The molecule has 214 valence electrons. The monoisotopic (exact) mass is 592 g/mol. The van der Waals surface area contributed by atoms with E-state index >= 15 is 0 Å². The van der Waals surface area contributed by atoms with E-state index in [0.717, 1.165) is 59.3 Å². The van der Waals surface area contributed by atoms with E-state index in [4.69, 9.17) is 16.3 Å². The highest BCUT2D eigenvalue weighted by Crippen LogP contribution is 2.41. The molecule has 0 atom stereocenters. The van der Waals surface area contributed by atoms with Gasteiger partial charge in [0, 0.05) is 35.1 Å². The van der Waals surface area contributed by atoms with Crippen molar-refractivity contribution >= 4 is 44.7 Å². The minimum atomic E-state index is -0.375. The number of amides is 1. The quantitative estimate of drug-likeness (QED) is 0.210. The van der Waals surface area contributed by atoms with Crippen LogP contribution in [-0.4, -0.2) is 42.8 Å². The summed E-state index contributed by atoms with van der Waals surface area (Å²) in [5, 5.41) is 4.27. The summed E-state index contributed by atoms with van der Waals surface area (Å²) in [7, 11) is 3.59. The first-order valence-electron chi connectivity index (χ1n) is 13.9. The zero-order valence-electron chi connectivity index (χ0n) is 23.7. The van der Waals surface area contributed by atoms with Crippen molar-refractivity contribution in [3.05, 3.63) is 87.0 Å². The summed E-state index contributed by atoms with van der Waals surface area (Å²) in [6.45, 7) is 3.74. The van der Waals surface area contributed by atoms with Gasteiger partial charge in [-0.05, 0) is 87.5 Å². The van der Waals surface area contributed by atoms with E-state index in [1.165, 1.54) is 6.07 Å². The van der Waals surface area contributed by atoms with Crippen molar-refractivity contribution in [3.8, 4) is 16.9 Å². The second-order valence-electron chi connectivity index (χ2n) is 10.7. The normalized spacial score (nSPS) is 17.0. The summed E-state index contributed by atoms with van der Waals surface area (Å²) in [5.41, 5.74) is 4.16. The predicted molar refractivity (Wildman–Crippen MR) is 165 cm³/mol. The SMILES string of the molecule is CNC1CCC(N(Cc2cc(-c3cccc(C(C)=O)c3)ccc2OC)C(=O)c2sc3c(F)ccc(C)c3c2Cl)CC1. The lowest BCUT2D eigenvalue weighted by atomic mass is 9.89. The lowest BCUT2D eigenvalue weighted by Gasteiger charge is -2.37. The molecule has 5 rings (SSSR count).